The zero-order valence-corrected chi connectivity index (χ0v) is 18.1. The Morgan fingerprint density at radius 1 is 1.00 bits per heavy atom. The van der Waals surface area contributed by atoms with Gasteiger partial charge in [0.25, 0.3) is 0 Å². The third kappa shape index (κ3) is 4.65. The molecular formula is C26H20FN3O3. The highest BCUT2D eigenvalue weighted by molar-refractivity contribution is 6.00. The number of esters is 1. The zero-order chi connectivity index (χ0) is 23.4. The lowest BCUT2D eigenvalue weighted by atomic mass is 9.97. The van der Waals surface area contributed by atoms with Gasteiger partial charge in [-0.3, -0.25) is 0 Å². The van der Waals surface area contributed by atoms with Crippen LogP contribution in [0, 0.1) is 17.1 Å². The highest BCUT2D eigenvalue weighted by atomic mass is 19.1. The van der Waals surface area contributed by atoms with Crippen LogP contribution in [0.1, 0.15) is 27.3 Å². The number of hydrogen-bond donors (Lipinski definition) is 0. The number of ether oxygens (including phenoxy) is 2. The summed E-state index contributed by atoms with van der Waals surface area (Å²) in [4.78, 5) is 20.8. The first-order valence-electron chi connectivity index (χ1n) is 10.2. The minimum atomic E-state index is -0.596. The van der Waals surface area contributed by atoms with Crippen LogP contribution >= 0.6 is 0 Å². The summed E-state index contributed by atoms with van der Waals surface area (Å²) in [6, 6.07) is 17.5. The van der Waals surface area contributed by atoms with E-state index < -0.39 is 11.8 Å². The van der Waals surface area contributed by atoms with E-state index in [9.17, 15) is 9.18 Å². The van der Waals surface area contributed by atoms with Gasteiger partial charge in [0.15, 0.2) is 0 Å². The van der Waals surface area contributed by atoms with Gasteiger partial charge in [0.2, 0.25) is 0 Å². The lowest BCUT2D eigenvalue weighted by molar-refractivity contribution is 0.0594. The third-order valence-corrected chi connectivity index (χ3v) is 5.38. The molecule has 0 atom stereocenters. The van der Waals surface area contributed by atoms with Crippen LogP contribution in [-0.2, 0) is 17.6 Å². The zero-order valence-electron chi connectivity index (χ0n) is 18.1. The summed E-state index contributed by atoms with van der Waals surface area (Å²) in [5.74, 6) is -0.654. The molecule has 2 aromatic heterocycles. The summed E-state index contributed by atoms with van der Waals surface area (Å²) in [6.45, 7) is 0. The summed E-state index contributed by atoms with van der Waals surface area (Å²) in [7, 11) is 2.75. The fraction of sp³-hybridized carbons (Fsp3) is 0.154. The lowest BCUT2D eigenvalue weighted by Gasteiger charge is -2.12. The monoisotopic (exact) mass is 441 g/mol. The van der Waals surface area contributed by atoms with Gasteiger partial charge in [-0.15, -0.1) is 0 Å². The van der Waals surface area contributed by atoms with Gasteiger partial charge in [0, 0.05) is 23.2 Å². The Balaban J connectivity index is 1.74. The number of rotatable bonds is 6. The summed E-state index contributed by atoms with van der Waals surface area (Å²) in [5.41, 5.74) is 3.94. The Morgan fingerprint density at radius 2 is 1.79 bits per heavy atom. The molecule has 0 saturated carbocycles. The lowest BCUT2D eigenvalue weighted by Crippen LogP contribution is -2.05. The third-order valence-electron chi connectivity index (χ3n) is 5.38. The number of aryl methyl sites for hydroxylation is 2. The molecule has 7 heteroatoms. The number of methoxy groups -OCH3 is 2. The Labute approximate surface area is 190 Å². The van der Waals surface area contributed by atoms with E-state index in [2.05, 4.69) is 9.97 Å². The fourth-order valence-corrected chi connectivity index (χ4v) is 3.63. The largest absolute Gasteiger partial charge is 0.497 e. The van der Waals surface area contributed by atoms with Gasteiger partial charge < -0.3 is 9.47 Å². The number of carbonyl (C=O) groups excluding carboxylic acids is 1. The standard InChI is InChI=1S/C26H20FN3O3/c1-32-19-8-10-20(23(27)12-19)22-13-25(26(31)33-2)30-24-11-16(6-9-21(22)24)3-4-17-5-7-18(14-28)29-15-17/h5-13,15H,3-4H2,1-2H3. The van der Waals surface area contributed by atoms with E-state index in [1.165, 1.54) is 20.3 Å². The second-order valence-electron chi connectivity index (χ2n) is 7.41. The molecule has 0 saturated heterocycles. The molecule has 0 radical (unpaired) electrons. The van der Waals surface area contributed by atoms with Crippen LogP contribution in [0.4, 0.5) is 4.39 Å². The van der Waals surface area contributed by atoms with Gasteiger partial charge in [-0.25, -0.2) is 19.2 Å². The van der Waals surface area contributed by atoms with Crippen molar-refractivity contribution in [2.24, 2.45) is 0 Å². The molecule has 33 heavy (non-hydrogen) atoms. The highest BCUT2D eigenvalue weighted by Gasteiger charge is 2.17. The molecule has 0 aliphatic heterocycles. The molecule has 0 bridgehead atoms. The molecular weight excluding hydrogens is 421 g/mol. The molecule has 2 heterocycles. The van der Waals surface area contributed by atoms with E-state index in [0.29, 0.717) is 34.5 Å². The van der Waals surface area contributed by atoms with Gasteiger partial charge in [-0.2, -0.15) is 5.26 Å². The van der Waals surface area contributed by atoms with Gasteiger partial charge in [-0.1, -0.05) is 18.2 Å². The molecule has 6 nitrogen and oxygen atoms in total. The Kier molecular flexibility index (Phi) is 6.27. The van der Waals surface area contributed by atoms with Crippen LogP contribution in [0.25, 0.3) is 22.0 Å². The number of benzene rings is 2. The Bertz CT molecular complexity index is 1380. The molecule has 4 rings (SSSR count). The summed E-state index contributed by atoms with van der Waals surface area (Å²) >= 11 is 0. The van der Waals surface area contributed by atoms with Crippen molar-refractivity contribution < 1.29 is 18.7 Å². The van der Waals surface area contributed by atoms with Gasteiger partial charge in [0.05, 0.1) is 19.7 Å². The number of nitrogens with zero attached hydrogens (tertiary/aromatic N) is 3. The van der Waals surface area contributed by atoms with Crippen LogP contribution in [0.2, 0.25) is 0 Å². The van der Waals surface area contributed by atoms with Crippen molar-refractivity contribution in [1.29, 1.82) is 5.26 Å². The van der Waals surface area contributed by atoms with Crippen molar-refractivity contribution in [3.05, 3.63) is 89.1 Å². The van der Waals surface area contributed by atoms with E-state index in [1.54, 1.807) is 30.5 Å². The van der Waals surface area contributed by atoms with Gasteiger partial charge in [-0.05, 0) is 59.9 Å². The molecule has 0 aliphatic carbocycles. The Morgan fingerprint density at radius 3 is 2.45 bits per heavy atom. The number of carbonyl (C=O) groups is 1. The number of pyridine rings is 2. The number of halogens is 1. The second-order valence-corrected chi connectivity index (χ2v) is 7.41. The highest BCUT2D eigenvalue weighted by Crippen LogP contribution is 2.33. The maximum Gasteiger partial charge on any atom is 0.356 e. The summed E-state index contributed by atoms with van der Waals surface area (Å²) in [5, 5.41) is 9.60. The van der Waals surface area contributed by atoms with Crippen molar-refractivity contribution in [2.45, 2.75) is 12.8 Å². The molecule has 0 fully saturated rings. The smallest absolute Gasteiger partial charge is 0.356 e. The van der Waals surface area contributed by atoms with E-state index in [0.717, 1.165) is 22.9 Å². The molecule has 2 aromatic carbocycles. The predicted octanol–water partition coefficient (Wildman–Crippen LogP) is 4.89. The quantitative estimate of drug-likeness (QED) is 0.396. The summed E-state index contributed by atoms with van der Waals surface area (Å²) in [6.07, 6.45) is 3.12. The summed E-state index contributed by atoms with van der Waals surface area (Å²) < 4.78 is 24.8. The average molecular weight is 441 g/mol. The van der Waals surface area contributed by atoms with Gasteiger partial charge >= 0.3 is 5.97 Å². The van der Waals surface area contributed by atoms with Crippen LogP contribution in [0.5, 0.6) is 5.75 Å². The molecule has 0 spiro atoms. The van der Waals surface area contributed by atoms with Crippen molar-refractivity contribution in [1.82, 2.24) is 9.97 Å². The first-order chi connectivity index (χ1) is 16.0. The van der Waals surface area contributed by atoms with Crippen molar-refractivity contribution in [2.75, 3.05) is 14.2 Å². The first kappa shape index (κ1) is 21.9. The van der Waals surface area contributed by atoms with E-state index in [4.69, 9.17) is 14.7 Å². The maximum absolute atomic E-state index is 14.9. The maximum atomic E-state index is 14.9. The van der Waals surface area contributed by atoms with E-state index in [1.807, 2.05) is 30.3 Å². The number of nitriles is 1. The van der Waals surface area contributed by atoms with Crippen molar-refractivity contribution in [3.8, 4) is 22.9 Å². The first-order valence-corrected chi connectivity index (χ1v) is 10.2. The molecule has 164 valence electrons. The SMILES string of the molecule is COC(=O)c1cc(-c2ccc(OC)cc2F)c2ccc(CCc3ccc(C#N)nc3)cc2n1. The average Bonchev–Trinajstić information content (AvgIpc) is 2.86. The molecule has 0 aliphatic rings. The molecule has 0 N–H and O–H groups in total. The number of fused-ring (bicyclic) bond motifs is 1. The molecule has 0 amide bonds. The van der Waals surface area contributed by atoms with Crippen LogP contribution < -0.4 is 4.74 Å². The van der Waals surface area contributed by atoms with Crippen molar-refractivity contribution in [3.63, 3.8) is 0 Å². The van der Waals surface area contributed by atoms with Crippen LogP contribution in [0.3, 0.4) is 0 Å². The predicted molar refractivity (Wildman–Crippen MR) is 121 cm³/mol. The molecule has 0 unspecified atom stereocenters. The minimum absolute atomic E-state index is 0.101. The minimum Gasteiger partial charge on any atom is -0.497 e. The number of hydrogen-bond acceptors (Lipinski definition) is 6. The van der Waals surface area contributed by atoms with E-state index >= 15 is 0 Å². The van der Waals surface area contributed by atoms with E-state index in [-0.39, 0.29) is 5.69 Å². The second kappa shape index (κ2) is 9.45. The van der Waals surface area contributed by atoms with Crippen LogP contribution in [-0.4, -0.2) is 30.2 Å². The fourth-order valence-electron chi connectivity index (χ4n) is 3.63. The topological polar surface area (TPSA) is 85.1 Å². The normalized spacial score (nSPS) is 10.6. The van der Waals surface area contributed by atoms with Crippen LogP contribution in [0.15, 0.2) is 60.8 Å². The Hall–Kier alpha value is -4.31. The molecule has 4 aromatic rings. The number of aromatic nitrogens is 2. The van der Waals surface area contributed by atoms with Crippen molar-refractivity contribution >= 4 is 16.9 Å². The van der Waals surface area contributed by atoms with Gasteiger partial charge in [0.1, 0.15) is 29.0 Å².